The number of carbonyl (C=O) groups excluding carboxylic acids is 1. The third kappa shape index (κ3) is 7.23. The molecule has 7 nitrogen and oxygen atoms in total. The summed E-state index contributed by atoms with van der Waals surface area (Å²) in [6.45, 7) is 1.33. The van der Waals surface area contributed by atoms with Crippen LogP contribution in [-0.2, 0) is 10.2 Å². The number of nitrogens with zero attached hydrogens (tertiary/aromatic N) is 3. The maximum Gasteiger partial charge on any atom is 0.454 e. The van der Waals surface area contributed by atoms with Crippen LogP contribution in [0.5, 0.6) is 5.75 Å². The lowest BCUT2D eigenvalue weighted by atomic mass is 9.77. The van der Waals surface area contributed by atoms with Gasteiger partial charge in [0.2, 0.25) is 0 Å². The molecule has 4 rings (SSSR count). The molecule has 0 radical (unpaired) electrons. The normalized spacial score (nSPS) is 27.1. The lowest BCUT2D eigenvalue weighted by molar-refractivity contribution is -0.287. The zero-order valence-corrected chi connectivity index (χ0v) is 22.8. The Bertz CT molecular complexity index is 1120. The van der Waals surface area contributed by atoms with Gasteiger partial charge in [0.1, 0.15) is 18.1 Å². The number of amides is 1. The summed E-state index contributed by atoms with van der Waals surface area (Å²) < 4.78 is 85.3. The number of pyridine rings is 1. The Balaban J connectivity index is 1.29. The number of aliphatic hydroxyl groups excluding tert-OH is 1. The highest BCUT2D eigenvalue weighted by atomic mass is 19.4. The number of aliphatic hydroxyl groups is 1. The van der Waals surface area contributed by atoms with Crippen LogP contribution in [0.1, 0.15) is 44.7 Å². The Morgan fingerprint density at radius 1 is 1.20 bits per heavy atom. The minimum absolute atomic E-state index is 0.0103. The van der Waals surface area contributed by atoms with Crippen molar-refractivity contribution < 1.29 is 41.0 Å². The first kappa shape index (κ1) is 31.3. The number of ether oxygens (including phenoxy) is 1. The summed E-state index contributed by atoms with van der Waals surface area (Å²) in [4.78, 5) is 20.2. The zero-order chi connectivity index (χ0) is 30.0. The molecule has 3 heterocycles. The first-order chi connectivity index (χ1) is 19.2. The molecule has 0 bridgehead atoms. The van der Waals surface area contributed by atoms with Gasteiger partial charge >= 0.3 is 12.1 Å². The van der Waals surface area contributed by atoms with E-state index < -0.39 is 36.5 Å². The van der Waals surface area contributed by atoms with Crippen LogP contribution in [0.3, 0.4) is 0 Å². The average Bonchev–Trinajstić information content (AvgIpc) is 3.36. The van der Waals surface area contributed by atoms with Gasteiger partial charge in [-0.3, -0.25) is 14.7 Å². The van der Waals surface area contributed by atoms with Gasteiger partial charge in [-0.15, -0.1) is 0 Å². The van der Waals surface area contributed by atoms with Gasteiger partial charge in [0, 0.05) is 24.6 Å². The van der Waals surface area contributed by atoms with Gasteiger partial charge in [-0.2, -0.15) is 22.0 Å². The fourth-order valence-electron chi connectivity index (χ4n) is 5.58. The average molecular weight is 591 g/mol. The Morgan fingerprint density at radius 2 is 1.90 bits per heavy atom. The van der Waals surface area contributed by atoms with Crippen molar-refractivity contribution in [1.82, 2.24) is 14.8 Å². The molecule has 13 heteroatoms. The van der Waals surface area contributed by atoms with E-state index in [9.17, 15) is 31.9 Å². The minimum Gasteiger partial charge on any atom is -0.492 e. The molecule has 0 aromatic carbocycles. The topological polar surface area (TPSA) is 91.9 Å². The highest BCUT2D eigenvalue weighted by molar-refractivity contribution is 5.97. The van der Waals surface area contributed by atoms with Crippen LogP contribution in [0.25, 0.3) is 0 Å². The highest BCUT2D eigenvalue weighted by Crippen LogP contribution is 2.38. The van der Waals surface area contributed by atoms with Crippen molar-refractivity contribution in [1.29, 1.82) is 0 Å². The highest BCUT2D eigenvalue weighted by Gasteiger charge is 2.58. The molecule has 4 atom stereocenters. The van der Waals surface area contributed by atoms with E-state index in [2.05, 4.69) is 4.98 Å². The van der Waals surface area contributed by atoms with Crippen LogP contribution in [-0.4, -0.2) is 89.1 Å². The second-order valence-electron chi connectivity index (χ2n) is 11.3. The number of piperidine rings is 1. The second kappa shape index (κ2) is 12.3. The van der Waals surface area contributed by atoms with Gasteiger partial charge in [-0.1, -0.05) is 12.2 Å². The number of halogens is 6. The van der Waals surface area contributed by atoms with Crippen LogP contribution < -0.4 is 10.5 Å². The molecular weight excluding hydrogens is 554 g/mol. The molecule has 41 heavy (non-hydrogen) atoms. The maximum absolute atomic E-state index is 15.5. The van der Waals surface area contributed by atoms with Crippen LogP contribution in [0.2, 0.25) is 0 Å². The van der Waals surface area contributed by atoms with Crippen molar-refractivity contribution in [2.45, 2.75) is 75.0 Å². The van der Waals surface area contributed by atoms with Gasteiger partial charge < -0.3 is 20.5 Å². The number of aromatic nitrogens is 1. The number of rotatable bonds is 9. The van der Waals surface area contributed by atoms with Crippen molar-refractivity contribution >= 4 is 5.91 Å². The van der Waals surface area contributed by atoms with Crippen LogP contribution in [0, 0.1) is 5.92 Å². The molecule has 228 valence electrons. The molecule has 2 fully saturated rings. The predicted octanol–water partition coefficient (Wildman–Crippen LogP) is 4.12. The molecule has 3 aliphatic rings. The van der Waals surface area contributed by atoms with E-state index >= 15 is 4.39 Å². The lowest BCUT2D eigenvalue weighted by Crippen LogP contribution is -2.49. The maximum atomic E-state index is 15.5. The molecule has 1 aromatic rings. The quantitative estimate of drug-likeness (QED) is 0.332. The molecule has 1 aliphatic carbocycles. The fourth-order valence-corrected chi connectivity index (χ4v) is 5.58. The lowest BCUT2D eigenvalue weighted by Gasteiger charge is -2.34. The molecule has 3 N–H and O–H groups in total. The number of carbonyl (C=O) groups is 1. The molecule has 1 aromatic heterocycles. The zero-order valence-electron chi connectivity index (χ0n) is 22.8. The fraction of sp³-hybridized carbons (Fsp3) is 0.643. The van der Waals surface area contributed by atoms with E-state index in [0.29, 0.717) is 30.8 Å². The number of hydrogen-bond acceptors (Lipinski definition) is 6. The molecular formula is C28H36F6N4O3. The number of likely N-dealkylation sites (tertiary alicyclic amines) is 2. The van der Waals surface area contributed by atoms with E-state index in [1.54, 1.807) is 36.1 Å². The summed E-state index contributed by atoms with van der Waals surface area (Å²) in [7, 11) is 0. The molecule has 4 unspecified atom stereocenters. The Kier molecular flexibility index (Phi) is 9.39. The van der Waals surface area contributed by atoms with Crippen molar-refractivity contribution in [2.75, 3.05) is 32.8 Å². The standard InChI is InChI=1S/C28H36F6N4O3/c1-26(9-6-19(13-22(26)29)25(40)38-10-2-3-20(38)14-24(35)39)23-5-4-21(15-36-23)41-16-18-7-11-37(12-8-18)17-27(30,31)28(32,33)34/h4-6,9,13,15,18,20,22,24,39H,2-3,7-8,10-12,14,16-17,35H2,1H3. The summed E-state index contributed by atoms with van der Waals surface area (Å²) in [5, 5.41) is 9.52. The molecule has 1 amide bonds. The number of nitrogens with two attached hydrogens (primary N) is 1. The summed E-state index contributed by atoms with van der Waals surface area (Å²) in [5.74, 6) is -4.63. The predicted molar refractivity (Wildman–Crippen MR) is 139 cm³/mol. The number of hydrogen-bond donors (Lipinski definition) is 2. The monoisotopic (exact) mass is 590 g/mol. The van der Waals surface area contributed by atoms with Gasteiger partial charge in [0.05, 0.1) is 30.5 Å². The first-order valence-corrected chi connectivity index (χ1v) is 13.8. The smallest absolute Gasteiger partial charge is 0.454 e. The van der Waals surface area contributed by atoms with Gasteiger partial charge in [0.25, 0.3) is 5.91 Å². The van der Waals surface area contributed by atoms with Crippen molar-refractivity contribution in [3.63, 3.8) is 0 Å². The number of alkyl halides is 6. The van der Waals surface area contributed by atoms with E-state index in [4.69, 9.17) is 10.5 Å². The number of allylic oxidation sites excluding steroid dienone is 2. The van der Waals surface area contributed by atoms with Crippen molar-refractivity contribution in [3.8, 4) is 5.75 Å². The van der Waals surface area contributed by atoms with Crippen molar-refractivity contribution in [2.24, 2.45) is 11.7 Å². The van der Waals surface area contributed by atoms with Crippen molar-refractivity contribution in [3.05, 3.63) is 47.8 Å². The molecule has 0 saturated carbocycles. The van der Waals surface area contributed by atoms with Crippen LogP contribution in [0.4, 0.5) is 26.3 Å². The largest absolute Gasteiger partial charge is 0.492 e. The SMILES string of the molecule is CC1(c2ccc(OCC3CCN(CC(F)(F)C(F)(F)F)CC3)cn2)C=CC(C(=O)N2CCCC2CC(N)O)=CC1F. The summed E-state index contributed by atoms with van der Waals surface area (Å²) >= 11 is 0. The Labute approximate surface area is 235 Å². The molecule has 2 saturated heterocycles. The third-order valence-corrected chi connectivity index (χ3v) is 8.22. The summed E-state index contributed by atoms with van der Waals surface area (Å²) in [5.41, 5.74) is 5.04. The summed E-state index contributed by atoms with van der Waals surface area (Å²) in [6, 6.07) is 3.09. The third-order valence-electron chi connectivity index (χ3n) is 8.22. The molecule has 0 spiro atoms. The van der Waals surface area contributed by atoms with Gasteiger partial charge in [0.15, 0.2) is 0 Å². The Hall–Kier alpha value is -2.64. The summed E-state index contributed by atoms with van der Waals surface area (Å²) in [6.07, 6.45) is 0.455. The van der Waals surface area contributed by atoms with Gasteiger partial charge in [-0.25, -0.2) is 4.39 Å². The van der Waals surface area contributed by atoms with Gasteiger partial charge in [-0.05, 0) is 69.8 Å². The first-order valence-electron chi connectivity index (χ1n) is 13.8. The molecule has 2 aliphatic heterocycles. The van der Waals surface area contributed by atoms with E-state index in [0.717, 1.165) is 17.7 Å². The van der Waals surface area contributed by atoms with E-state index in [1.165, 1.54) is 12.3 Å². The minimum atomic E-state index is -5.57. The van der Waals surface area contributed by atoms with Crippen LogP contribution in [0.15, 0.2) is 42.1 Å². The Morgan fingerprint density at radius 3 is 2.49 bits per heavy atom. The second-order valence-corrected chi connectivity index (χ2v) is 11.3. The van der Waals surface area contributed by atoms with E-state index in [1.807, 2.05) is 0 Å². The van der Waals surface area contributed by atoms with Crippen LogP contribution >= 0.6 is 0 Å². The van der Waals surface area contributed by atoms with E-state index in [-0.39, 0.29) is 49.6 Å².